The predicted octanol–water partition coefficient (Wildman–Crippen LogP) is 3.25. The number of imidazole rings is 1. The minimum Gasteiger partial charge on any atom is -0.486 e. The van der Waals surface area contributed by atoms with E-state index in [1.54, 1.807) is 11.3 Å². The lowest BCUT2D eigenvalue weighted by Gasteiger charge is -2.18. The normalized spacial score (nSPS) is 13.4. The largest absolute Gasteiger partial charge is 0.486 e. The van der Waals surface area contributed by atoms with E-state index >= 15 is 0 Å². The summed E-state index contributed by atoms with van der Waals surface area (Å²) < 4.78 is 15.3. The molecule has 0 unspecified atom stereocenters. The molecule has 1 aliphatic rings. The van der Waals surface area contributed by atoms with Crippen LogP contribution >= 0.6 is 11.3 Å². The van der Waals surface area contributed by atoms with Crippen LogP contribution in [-0.2, 0) is 13.0 Å². The van der Waals surface area contributed by atoms with Crippen LogP contribution in [0.4, 0.5) is 0 Å². The highest BCUT2D eigenvalue weighted by Gasteiger charge is 2.17. The highest BCUT2D eigenvalue weighted by atomic mass is 32.1. The first-order chi connectivity index (χ1) is 14.7. The summed E-state index contributed by atoms with van der Waals surface area (Å²) in [6.45, 7) is 3.75. The molecule has 0 aliphatic carbocycles. The van der Waals surface area contributed by atoms with Crippen LogP contribution in [0.2, 0.25) is 0 Å². The number of hydrogen-bond acceptors (Lipinski definition) is 7. The summed E-state index contributed by atoms with van der Waals surface area (Å²) in [5.41, 5.74) is 3.19. The molecular weight excluding hydrogens is 400 g/mol. The van der Waals surface area contributed by atoms with Crippen molar-refractivity contribution in [3.05, 3.63) is 64.7 Å². The van der Waals surface area contributed by atoms with Gasteiger partial charge in [0.15, 0.2) is 17.3 Å². The van der Waals surface area contributed by atoms with Crippen molar-refractivity contribution in [2.75, 3.05) is 13.2 Å². The molecule has 3 aromatic heterocycles. The Hall–Kier alpha value is -3.46. The number of para-hydroxylation sites is 2. The van der Waals surface area contributed by atoms with Crippen molar-refractivity contribution in [1.29, 1.82) is 0 Å². The molecule has 0 N–H and O–H groups in total. The third-order valence-electron chi connectivity index (χ3n) is 5.20. The molecule has 0 amide bonds. The van der Waals surface area contributed by atoms with Gasteiger partial charge in [-0.1, -0.05) is 29.5 Å². The van der Waals surface area contributed by atoms with Gasteiger partial charge in [0, 0.05) is 6.42 Å². The van der Waals surface area contributed by atoms with Gasteiger partial charge in [-0.15, -0.1) is 10.2 Å². The number of fused-ring (bicyclic) bond motifs is 3. The molecule has 0 atom stereocenters. The van der Waals surface area contributed by atoms with Crippen molar-refractivity contribution < 1.29 is 9.47 Å². The molecular formula is C21H18N6O2S. The van der Waals surface area contributed by atoms with Gasteiger partial charge in [0.1, 0.15) is 24.0 Å². The lowest BCUT2D eigenvalue weighted by atomic mass is 10.1. The van der Waals surface area contributed by atoms with Gasteiger partial charge in [-0.2, -0.15) is 9.61 Å². The van der Waals surface area contributed by atoms with Crippen molar-refractivity contribution in [2.45, 2.75) is 19.9 Å². The van der Waals surface area contributed by atoms with Crippen molar-refractivity contribution >= 4 is 27.3 Å². The van der Waals surface area contributed by atoms with Crippen LogP contribution in [0.25, 0.3) is 16.0 Å². The maximum atomic E-state index is 5.69. The number of ether oxygens (including phenoxy) is 2. The number of nitrogens with zero attached hydrogens (tertiary/aromatic N) is 6. The molecule has 5 aromatic rings. The summed E-state index contributed by atoms with van der Waals surface area (Å²) in [6, 6.07) is 14.2. The minimum atomic E-state index is 0.570. The second-order valence-corrected chi connectivity index (χ2v) is 8.24. The molecule has 1 aliphatic heterocycles. The number of hydrogen-bond donors (Lipinski definition) is 0. The third kappa shape index (κ3) is 2.89. The molecule has 150 valence electrons. The molecule has 6 rings (SSSR count). The van der Waals surface area contributed by atoms with Gasteiger partial charge in [0.25, 0.3) is 0 Å². The van der Waals surface area contributed by atoms with Crippen LogP contribution in [0.5, 0.6) is 11.5 Å². The molecule has 2 aromatic carbocycles. The lowest BCUT2D eigenvalue weighted by molar-refractivity contribution is 0.171. The van der Waals surface area contributed by atoms with Crippen molar-refractivity contribution in [1.82, 2.24) is 29.4 Å². The van der Waals surface area contributed by atoms with E-state index in [4.69, 9.17) is 14.6 Å². The van der Waals surface area contributed by atoms with Crippen LogP contribution in [0.15, 0.2) is 42.5 Å². The predicted molar refractivity (Wildman–Crippen MR) is 112 cm³/mol. The second kappa shape index (κ2) is 6.81. The molecule has 0 radical (unpaired) electrons. The maximum Gasteiger partial charge on any atom is 0.234 e. The minimum absolute atomic E-state index is 0.570. The Kier molecular flexibility index (Phi) is 3.95. The third-order valence-corrected chi connectivity index (χ3v) is 6.10. The molecule has 0 fully saturated rings. The van der Waals surface area contributed by atoms with E-state index in [1.807, 2.05) is 41.8 Å². The summed E-state index contributed by atoms with van der Waals surface area (Å²) >= 11 is 1.55. The van der Waals surface area contributed by atoms with Gasteiger partial charge in [0.05, 0.1) is 17.6 Å². The average molecular weight is 418 g/mol. The molecule has 4 heterocycles. The fraction of sp³-hybridized carbons (Fsp3) is 0.238. The smallest absolute Gasteiger partial charge is 0.234 e. The quantitative estimate of drug-likeness (QED) is 0.446. The first-order valence-corrected chi connectivity index (χ1v) is 10.6. The highest BCUT2D eigenvalue weighted by Crippen LogP contribution is 2.32. The lowest BCUT2D eigenvalue weighted by Crippen LogP contribution is -2.15. The topological polar surface area (TPSA) is 79.4 Å². The van der Waals surface area contributed by atoms with Gasteiger partial charge in [-0.05, 0) is 36.8 Å². The Labute approximate surface area is 175 Å². The van der Waals surface area contributed by atoms with Crippen LogP contribution in [-0.4, -0.2) is 42.6 Å². The first-order valence-electron chi connectivity index (χ1n) is 9.75. The molecule has 0 saturated heterocycles. The van der Waals surface area contributed by atoms with E-state index in [0.29, 0.717) is 26.2 Å². The van der Waals surface area contributed by atoms with Gasteiger partial charge >= 0.3 is 0 Å². The van der Waals surface area contributed by atoms with E-state index in [9.17, 15) is 0 Å². The van der Waals surface area contributed by atoms with Crippen molar-refractivity contribution in [3.8, 4) is 11.5 Å². The van der Waals surface area contributed by atoms with Gasteiger partial charge in [-0.25, -0.2) is 4.98 Å². The Bertz CT molecular complexity index is 1390. The number of benzene rings is 2. The number of rotatable bonds is 4. The fourth-order valence-corrected chi connectivity index (χ4v) is 4.66. The van der Waals surface area contributed by atoms with E-state index in [0.717, 1.165) is 49.7 Å². The first kappa shape index (κ1) is 17.4. The van der Waals surface area contributed by atoms with E-state index in [2.05, 4.69) is 31.9 Å². The Morgan fingerprint density at radius 3 is 2.83 bits per heavy atom. The molecule has 30 heavy (non-hydrogen) atoms. The highest BCUT2D eigenvalue weighted by molar-refractivity contribution is 7.16. The summed E-state index contributed by atoms with van der Waals surface area (Å²) in [6.07, 6.45) is 0.705. The zero-order valence-corrected chi connectivity index (χ0v) is 17.1. The van der Waals surface area contributed by atoms with Crippen LogP contribution in [0, 0.1) is 6.92 Å². The van der Waals surface area contributed by atoms with Crippen LogP contribution in [0.3, 0.4) is 0 Å². The molecule has 8 nitrogen and oxygen atoms in total. The summed E-state index contributed by atoms with van der Waals surface area (Å²) in [7, 11) is 0. The van der Waals surface area contributed by atoms with E-state index in [-0.39, 0.29) is 0 Å². The average Bonchev–Trinajstić information content (AvgIpc) is 3.42. The van der Waals surface area contributed by atoms with Crippen LogP contribution < -0.4 is 9.47 Å². The monoisotopic (exact) mass is 418 g/mol. The Morgan fingerprint density at radius 2 is 1.90 bits per heavy atom. The summed E-state index contributed by atoms with van der Waals surface area (Å²) in [4.78, 5) is 5.43. The van der Waals surface area contributed by atoms with Crippen molar-refractivity contribution in [3.63, 3.8) is 0 Å². The van der Waals surface area contributed by atoms with Gasteiger partial charge in [0.2, 0.25) is 4.96 Å². The SMILES string of the molecule is Cc1nc2ccccc2n1Cc1nnc2sc(Cc3ccc4c(c3)OCCO4)nn12. The molecule has 0 spiro atoms. The van der Waals surface area contributed by atoms with Crippen molar-refractivity contribution in [2.24, 2.45) is 0 Å². The molecule has 9 heteroatoms. The number of aryl methyl sites for hydroxylation is 1. The zero-order chi connectivity index (χ0) is 20.1. The van der Waals surface area contributed by atoms with Crippen LogP contribution in [0.1, 0.15) is 22.2 Å². The summed E-state index contributed by atoms with van der Waals surface area (Å²) in [5, 5.41) is 14.4. The zero-order valence-electron chi connectivity index (χ0n) is 16.3. The summed E-state index contributed by atoms with van der Waals surface area (Å²) in [5.74, 6) is 3.33. The molecule has 0 saturated carbocycles. The van der Waals surface area contributed by atoms with Gasteiger partial charge < -0.3 is 14.0 Å². The molecule has 0 bridgehead atoms. The number of aromatic nitrogens is 6. The van der Waals surface area contributed by atoms with E-state index < -0.39 is 0 Å². The Balaban J connectivity index is 1.30. The van der Waals surface area contributed by atoms with E-state index in [1.165, 1.54) is 0 Å². The maximum absolute atomic E-state index is 5.69. The fourth-order valence-electron chi connectivity index (χ4n) is 3.78. The standard InChI is InChI=1S/C21H18N6O2S/c1-13-22-15-4-2-3-5-16(15)26(13)12-19-23-24-21-27(19)25-20(30-21)11-14-6-7-17-18(10-14)29-9-8-28-17/h2-7,10H,8-9,11-12H2,1H3. The van der Waals surface area contributed by atoms with Gasteiger partial charge in [-0.3, -0.25) is 0 Å². The second-order valence-electron chi connectivity index (χ2n) is 7.20. The Morgan fingerprint density at radius 1 is 1.03 bits per heavy atom.